The SMILES string of the molecule is Cc1ccc(Nc2cnn(C)c2)c(C(=O)Nc2ncc(C)s2)n1. The molecule has 0 aliphatic heterocycles. The molecule has 0 bridgehead atoms. The molecule has 8 heteroatoms. The van der Waals surface area contributed by atoms with Crippen LogP contribution in [0.3, 0.4) is 0 Å². The van der Waals surface area contributed by atoms with Crippen LogP contribution in [0.2, 0.25) is 0 Å². The second-order valence-electron chi connectivity index (χ2n) is 5.11. The Kier molecular flexibility index (Phi) is 4.07. The van der Waals surface area contributed by atoms with Gasteiger partial charge in [0, 0.05) is 30.0 Å². The van der Waals surface area contributed by atoms with E-state index in [4.69, 9.17) is 0 Å². The Balaban J connectivity index is 1.87. The number of nitrogens with one attached hydrogen (secondary N) is 2. The number of pyridine rings is 1. The largest absolute Gasteiger partial charge is 0.351 e. The topological polar surface area (TPSA) is 84.7 Å². The molecule has 3 rings (SSSR count). The Morgan fingerprint density at radius 2 is 2.09 bits per heavy atom. The van der Waals surface area contributed by atoms with Crippen LogP contribution in [0.5, 0.6) is 0 Å². The van der Waals surface area contributed by atoms with E-state index in [0.717, 1.165) is 16.3 Å². The van der Waals surface area contributed by atoms with Gasteiger partial charge in [-0.05, 0) is 26.0 Å². The molecule has 0 aliphatic rings. The standard InChI is InChI=1S/C15H16N6OS/c1-9-4-5-12(19-11-7-17-21(3)8-11)13(18-9)14(22)20-15-16-6-10(2)23-15/h4-8,19H,1-3H3,(H,16,20,22). The lowest BCUT2D eigenvalue weighted by Crippen LogP contribution is -2.16. The van der Waals surface area contributed by atoms with Crippen molar-refractivity contribution in [3.63, 3.8) is 0 Å². The maximum absolute atomic E-state index is 12.5. The van der Waals surface area contributed by atoms with E-state index in [1.165, 1.54) is 11.3 Å². The number of carbonyl (C=O) groups is 1. The van der Waals surface area contributed by atoms with Crippen LogP contribution >= 0.6 is 11.3 Å². The van der Waals surface area contributed by atoms with Crippen LogP contribution in [0, 0.1) is 13.8 Å². The maximum atomic E-state index is 12.5. The van der Waals surface area contributed by atoms with Gasteiger partial charge in [0.25, 0.3) is 5.91 Å². The first-order chi connectivity index (χ1) is 11.0. The van der Waals surface area contributed by atoms with Gasteiger partial charge in [0.2, 0.25) is 0 Å². The summed E-state index contributed by atoms with van der Waals surface area (Å²) in [4.78, 5) is 22.1. The number of aromatic nitrogens is 4. The van der Waals surface area contributed by atoms with Crippen LogP contribution < -0.4 is 10.6 Å². The number of aryl methyl sites for hydroxylation is 3. The molecular weight excluding hydrogens is 312 g/mol. The number of anilines is 3. The van der Waals surface area contributed by atoms with Crippen LogP contribution in [-0.4, -0.2) is 25.7 Å². The molecule has 0 spiro atoms. The Hall–Kier alpha value is -2.74. The molecule has 0 radical (unpaired) electrons. The maximum Gasteiger partial charge on any atom is 0.278 e. The second kappa shape index (κ2) is 6.17. The summed E-state index contributed by atoms with van der Waals surface area (Å²) in [5.74, 6) is -0.297. The average Bonchev–Trinajstić information content (AvgIpc) is 3.09. The van der Waals surface area contributed by atoms with Crippen LogP contribution in [0.1, 0.15) is 21.1 Å². The predicted molar refractivity (Wildman–Crippen MR) is 90.3 cm³/mol. The lowest BCUT2D eigenvalue weighted by Gasteiger charge is -2.10. The predicted octanol–water partition coefficient (Wildman–Crippen LogP) is 2.88. The molecular formula is C15H16N6OS. The van der Waals surface area contributed by atoms with Crippen molar-refractivity contribution in [2.45, 2.75) is 13.8 Å². The van der Waals surface area contributed by atoms with E-state index in [1.54, 1.807) is 17.1 Å². The van der Waals surface area contributed by atoms with E-state index in [1.807, 2.05) is 39.2 Å². The lowest BCUT2D eigenvalue weighted by molar-refractivity contribution is 0.102. The third kappa shape index (κ3) is 3.54. The molecule has 23 heavy (non-hydrogen) atoms. The Labute approximate surface area is 137 Å². The molecule has 0 aromatic carbocycles. The normalized spacial score (nSPS) is 10.6. The molecule has 0 unspecified atom stereocenters. The Morgan fingerprint density at radius 3 is 2.74 bits per heavy atom. The van der Waals surface area contributed by atoms with Crippen molar-refractivity contribution in [2.75, 3.05) is 10.6 Å². The third-order valence-corrected chi connectivity index (χ3v) is 3.90. The molecule has 3 heterocycles. The van der Waals surface area contributed by atoms with Crippen LogP contribution in [0.4, 0.5) is 16.5 Å². The quantitative estimate of drug-likeness (QED) is 0.769. The van der Waals surface area contributed by atoms with Crippen molar-refractivity contribution in [2.24, 2.45) is 7.05 Å². The zero-order valence-electron chi connectivity index (χ0n) is 13.0. The molecule has 7 nitrogen and oxygen atoms in total. The van der Waals surface area contributed by atoms with Gasteiger partial charge in [0.05, 0.1) is 17.6 Å². The molecule has 0 aliphatic carbocycles. The highest BCUT2D eigenvalue weighted by molar-refractivity contribution is 7.15. The smallest absolute Gasteiger partial charge is 0.278 e. The molecule has 118 valence electrons. The summed E-state index contributed by atoms with van der Waals surface area (Å²) in [6.45, 7) is 3.78. The van der Waals surface area contributed by atoms with E-state index in [2.05, 4.69) is 25.7 Å². The van der Waals surface area contributed by atoms with E-state index >= 15 is 0 Å². The summed E-state index contributed by atoms with van der Waals surface area (Å²) < 4.78 is 1.68. The van der Waals surface area contributed by atoms with Crippen molar-refractivity contribution in [3.05, 3.63) is 47.0 Å². The van der Waals surface area contributed by atoms with Gasteiger partial charge in [-0.15, -0.1) is 11.3 Å². The van der Waals surface area contributed by atoms with Gasteiger partial charge in [-0.2, -0.15) is 5.10 Å². The number of hydrogen-bond donors (Lipinski definition) is 2. The molecule has 3 aromatic heterocycles. The van der Waals surface area contributed by atoms with Crippen molar-refractivity contribution in [3.8, 4) is 0 Å². The summed E-state index contributed by atoms with van der Waals surface area (Å²) in [5, 5.41) is 10.6. The summed E-state index contributed by atoms with van der Waals surface area (Å²) in [7, 11) is 1.83. The minimum Gasteiger partial charge on any atom is -0.351 e. The van der Waals surface area contributed by atoms with E-state index in [9.17, 15) is 4.79 Å². The Morgan fingerprint density at radius 1 is 1.26 bits per heavy atom. The highest BCUT2D eigenvalue weighted by Gasteiger charge is 2.16. The molecule has 0 saturated carbocycles. The third-order valence-electron chi connectivity index (χ3n) is 3.08. The van der Waals surface area contributed by atoms with Gasteiger partial charge < -0.3 is 5.32 Å². The van der Waals surface area contributed by atoms with Gasteiger partial charge >= 0.3 is 0 Å². The summed E-state index contributed by atoms with van der Waals surface area (Å²) in [6, 6.07) is 3.68. The fraction of sp³-hybridized carbons (Fsp3) is 0.200. The molecule has 2 N–H and O–H groups in total. The van der Waals surface area contributed by atoms with Crippen molar-refractivity contribution in [1.82, 2.24) is 19.7 Å². The van der Waals surface area contributed by atoms with Crippen LogP contribution in [0.15, 0.2) is 30.7 Å². The number of nitrogens with zero attached hydrogens (tertiary/aromatic N) is 4. The molecule has 0 atom stereocenters. The molecule has 0 fully saturated rings. The second-order valence-corrected chi connectivity index (χ2v) is 6.34. The fourth-order valence-corrected chi connectivity index (χ4v) is 2.70. The minimum absolute atomic E-state index is 0.297. The van der Waals surface area contributed by atoms with Gasteiger partial charge in [-0.1, -0.05) is 0 Å². The zero-order valence-corrected chi connectivity index (χ0v) is 13.8. The first-order valence-corrected chi connectivity index (χ1v) is 7.80. The van der Waals surface area contributed by atoms with E-state index < -0.39 is 0 Å². The molecule has 0 saturated heterocycles. The van der Waals surface area contributed by atoms with Gasteiger partial charge in [-0.25, -0.2) is 9.97 Å². The summed E-state index contributed by atoms with van der Waals surface area (Å²) >= 11 is 1.42. The first kappa shape index (κ1) is 15.2. The van der Waals surface area contributed by atoms with Crippen molar-refractivity contribution in [1.29, 1.82) is 0 Å². The number of rotatable bonds is 4. The number of amides is 1. The van der Waals surface area contributed by atoms with Gasteiger partial charge in [-0.3, -0.25) is 14.8 Å². The fourth-order valence-electron chi connectivity index (χ4n) is 2.04. The summed E-state index contributed by atoms with van der Waals surface area (Å²) in [5.41, 5.74) is 2.50. The van der Waals surface area contributed by atoms with Crippen molar-refractivity contribution < 1.29 is 4.79 Å². The molecule has 3 aromatic rings. The van der Waals surface area contributed by atoms with Gasteiger partial charge in [0.15, 0.2) is 10.8 Å². The summed E-state index contributed by atoms with van der Waals surface area (Å²) in [6.07, 6.45) is 5.23. The van der Waals surface area contributed by atoms with Gasteiger partial charge in [0.1, 0.15) is 0 Å². The zero-order chi connectivity index (χ0) is 16.4. The van der Waals surface area contributed by atoms with Crippen molar-refractivity contribution >= 4 is 33.8 Å². The number of thiazole rings is 1. The Bertz CT molecular complexity index is 853. The van der Waals surface area contributed by atoms with Crippen LogP contribution in [-0.2, 0) is 7.05 Å². The average molecular weight is 328 g/mol. The monoisotopic (exact) mass is 328 g/mol. The minimum atomic E-state index is -0.297. The number of carbonyl (C=O) groups excluding carboxylic acids is 1. The lowest BCUT2D eigenvalue weighted by atomic mass is 10.2. The number of hydrogen-bond acceptors (Lipinski definition) is 6. The van der Waals surface area contributed by atoms with E-state index in [0.29, 0.717) is 16.5 Å². The highest BCUT2D eigenvalue weighted by atomic mass is 32.1. The van der Waals surface area contributed by atoms with Crippen LogP contribution in [0.25, 0.3) is 0 Å². The molecule has 1 amide bonds. The first-order valence-electron chi connectivity index (χ1n) is 6.98. The van der Waals surface area contributed by atoms with E-state index in [-0.39, 0.29) is 5.91 Å². The highest BCUT2D eigenvalue weighted by Crippen LogP contribution is 2.22.